The first kappa shape index (κ1) is 14.8. The van der Waals surface area contributed by atoms with E-state index < -0.39 is 0 Å². The van der Waals surface area contributed by atoms with Gasteiger partial charge in [0.2, 0.25) is 0 Å². The SMILES string of the molecule is CCOc1cc(N)cc(Oc2cc(OC)cc(OC)c2)c1. The number of nitrogen functional groups attached to an aromatic ring is 1. The van der Waals surface area contributed by atoms with Crippen molar-refractivity contribution in [1.82, 2.24) is 0 Å². The topological polar surface area (TPSA) is 62.9 Å². The minimum atomic E-state index is 0.565. The minimum Gasteiger partial charge on any atom is -0.496 e. The lowest BCUT2D eigenvalue weighted by molar-refractivity contribution is 0.338. The van der Waals surface area contributed by atoms with Gasteiger partial charge in [0, 0.05) is 42.1 Å². The van der Waals surface area contributed by atoms with Gasteiger partial charge in [0.15, 0.2) is 0 Å². The van der Waals surface area contributed by atoms with Crippen LogP contribution in [0.25, 0.3) is 0 Å². The normalized spacial score (nSPS) is 10.0. The van der Waals surface area contributed by atoms with Crippen LogP contribution in [0.1, 0.15) is 6.92 Å². The lowest BCUT2D eigenvalue weighted by Crippen LogP contribution is -1.95. The Balaban J connectivity index is 2.28. The third-order valence-electron chi connectivity index (χ3n) is 2.77. The quantitative estimate of drug-likeness (QED) is 0.825. The Hall–Kier alpha value is -2.56. The first-order valence-electron chi connectivity index (χ1n) is 6.59. The van der Waals surface area contributed by atoms with Crippen LogP contribution >= 0.6 is 0 Å². The standard InChI is InChI=1S/C16H19NO4/c1-4-20-14-5-11(17)6-15(10-14)21-16-8-12(18-2)7-13(9-16)19-3/h5-10H,4,17H2,1-3H3. The van der Waals surface area contributed by atoms with E-state index >= 15 is 0 Å². The average molecular weight is 289 g/mol. The number of anilines is 1. The number of hydrogen-bond acceptors (Lipinski definition) is 5. The fourth-order valence-electron chi connectivity index (χ4n) is 1.88. The van der Waals surface area contributed by atoms with Crippen molar-refractivity contribution in [3.8, 4) is 28.7 Å². The van der Waals surface area contributed by atoms with Crippen LogP contribution in [0, 0.1) is 0 Å². The Morgan fingerprint density at radius 3 is 1.81 bits per heavy atom. The molecule has 0 radical (unpaired) electrons. The summed E-state index contributed by atoms with van der Waals surface area (Å²) in [5, 5.41) is 0. The van der Waals surface area contributed by atoms with Crippen molar-refractivity contribution < 1.29 is 18.9 Å². The molecule has 21 heavy (non-hydrogen) atoms. The molecule has 5 nitrogen and oxygen atoms in total. The van der Waals surface area contributed by atoms with Gasteiger partial charge in [0.05, 0.1) is 20.8 Å². The summed E-state index contributed by atoms with van der Waals surface area (Å²) in [5.74, 6) is 3.16. The molecule has 0 aliphatic heterocycles. The molecule has 0 aromatic heterocycles. The van der Waals surface area contributed by atoms with Crippen LogP contribution in [-0.4, -0.2) is 20.8 Å². The van der Waals surface area contributed by atoms with E-state index in [2.05, 4.69) is 0 Å². The highest BCUT2D eigenvalue weighted by molar-refractivity contribution is 5.52. The van der Waals surface area contributed by atoms with Crippen molar-refractivity contribution in [3.63, 3.8) is 0 Å². The number of rotatable bonds is 6. The molecule has 0 bridgehead atoms. The summed E-state index contributed by atoms with van der Waals surface area (Å²) in [6.45, 7) is 2.48. The van der Waals surface area contributed by atoms with Crippen LogP contribution in [0.5, 0.6) is 28.7 Å². The van der Waals surface area contributed by atoms with E-state index in [9.17, 15) is 0 Å². The Labute approximate surface area is 124 Å². The Morgan fingerprint density at radius 2 is 1.24 bits per heavy atom. The lowest BCUT2D eigenvalue weighted by Gasteiger charge is -2.12. The summed E-state index contributed by atoms with van der Waals surface area (Å²) in [4.78, 5) is 0. The molecule has 0 aliphatic carbocycles. The van der Waals surface area contributed by atoms with E-state index in [1.807, 2.05) is 6.92 Å². The molecule has 0 atom stereocenters. The molecule has 0 saturated heterocycles. The number of benzene rings is 2. The highest BCUT2D eigenvalue weighted by Crippen LogP contribution is 2.33. The molecule has 5 heteroatoms. The number of nitrogens with two attached hydrogens (primary N) is 1. The van der Waals surface area contributed by atoms with E-state index in [0.717, 1.165) is 0 Å². The van der Waals surface area contributed by atoms with Crippen LogP contribution in [0.15, 0.2) is 36.4 Å². The zero-order chi connectivity index (χ0) is 15.2. The molecule has 0 saturated carbocycles. The van der Waals surface area contributed by atoms with Crippen LogP contribution in [0.2, 0.25) is 0 Å². The summed E-state index contributed by atoms with van der Waals surface area (Å²) in [7, 11) is 3.18. The maximum absolute atomic E-state index is 5.85. The Kier molecular flexibility index (Phi) is 4.77. The molecule has 0 amide bonds. The maximum Gasteiger partial charge on any atom is 0.134 e. The first-order valence-corrected chi connectivity index (χ1v) is 6.59. The third-order valence-corrected chi connectivity index (χ3v) is 2.77. The van der Waals surface area contributed by atoms with Gasteiger partial charge in [-0.2, -0.15) is 0 Å². The van der Waals surface area contributed by atoms with E-state index in [1.54, 1.807) is 50.6 Å². The molecule has 0 aliphatic rings. The van der Waals surface area contributed by atoms with Crippen molar-refractivity contribution in [1.29, 1.82) is 0 Å². The Morgan fingerprint density at radius 1 is 0.762 bits per heavy atom. The van der Waals surface area contributed by atoms with E-state index in [-0.39, 0.29) is 0 Å². The molecule has 0 fully saturated rings. The van der Waals surface area contributed by atoms with Gasteiger partial charge in [-0.25, -0.2) is 0 Å². The average Bonchev–Trinajstić information content (AvgIpc) is 2.46. The highest BCUT2D eigenvalue weighted by Gasteiger charge is 2.06. The molecule has 2 aromatic rings. The number of ether oxygens (including phenoxy) is 4. The third kappa shape index (κ3) is 3.95. The summed E-state index contributed by atoms with van der Waals surface area (Å²) in [6.07, 6.45) is 0. The zero-order valence-corrected chi connectivity index (χ0v) is 12.4. The highest BCUT2D eigenvalue weighted by atomic mass is 16.5. The van der Waals surface area contributed by atoms with Gasteiger partial charge in [0.1, 0.15) is 28.7 Å². The van der Waals surface area contributed by atoms with E-state index in [4.69, 9.17) is 24.7 Å². The van der Waals surface area contributed by atoms with Crippen LogP contribution in [0.3, 0.4) is 0 Å². The van der Waals surface area contributed by atoms with E-state index in [0.29, 0.717) is 41.0 Å². The molecule has 0 unspecified atom stereocenters. The van der Waals surface area contributed by atoms with Crippen LogP contribution in [0.4, 0.5) is 5.69 Å². The van der Waals surface area contributed by atoms with Gasteiger partial charge < -0.3 is 24.7 Å². The van der Waals surface area contributed by atoms with Crippen molar-refractivity contribution in [2.75, 3.05) is 26.6 Å². The lowest BCUT2D eigenvalue weighted by atomic mass is 10.2. The molecular formula is C16H19NO4. The molecular weight excluding hydrogens is 270 g/mol. The van der Waals surface area contributed by atoms with Crippen LogP contribution < -0.4 is 24.7 Å². The molecule has 2 N–H and O–H groups in total. The van der Waals surface area contributed by atoms with Gasteiger partial charge in [-0.15, -0.1) is 0 Å². The second-order valence-electron chi connectivity index (χ2n) is 4.32. The second kappa shape index (κ2) is 6.74. The summed E-state index contributed by atoms with van der Waals surface area (Å²) < 4.78 is 21.7. The first-order chi connectivity index (χ1) is 10.1. The van der Waals surface area contributed by atoms with Crippen molar-refractivity contribution in [2.24, 2.45) is 0 Å². The van der Waals surface area contributed by atoms with Gasteiger partial charge in [-0.3, -0.25) is 0 Å². The van der Waals surface area contributed by atoms with Gasteiger partial charge >= 0.3 is 0 Å². The minimum absolute atomic E-state index is 0.565. The van der Waals surface area contributed by atoms with Crippen molar-refractivity contribution in [2.45, 2.75) is 6.92 Å². The molecule has 2 aromatic carbocycles. The molecule has 0 spiro atoms. The Bertz CT molecular complexity index is 591. The summed E-state index contributed by atoms with van der Waals surface area (Å²) >= 11 is 0. The molecule has 0 heterocycles. The number of hydrogen-bond donors (Lipinski definition) is 1. The number of methoxy groups -OCH3 is 2. The smallest absolute Gasteiger partial charge is 0.134 e. The van der Waals surface area contributed by atoms with Gasteiger partial charge in [-0.05, 0) is 6.92 Å². The van der Waals surface area contributed by atoms with Crippen molar-refractivity contribution in [3.05, 3.63) is 36.4 Å². The second-order valence-corrected chi connectivity index (χ2v) is 4.32. The largest absolute Gasteiger partial charge is 0.496 e. The zero-order valence-electron chi connectivity index (χ0n) is 12.4. The maximum atomic E-state index is 5.85. The van der Waals surface area contributed by atoms with Crippen molar-refractivity contribution >= 4 is 5.69 Å². The molecule has 112 valence electrons. The van der Waals surface area contributed by atoms with Gasteiger partial charge in [0.25, 0.3) is 0 Å². The van der Waals surface area contributed by atoms with Crippen LogP contribution in [-0.2, 0) is 0 Å². The summed E-state index contributed by atoms with van der Waals surface area (Å²) in [6, 6.07) is 10.6. The fourth-order valence-corrected chi connectivity index (χ4v) is 1.88. The van der Waals surface area contributed by atoms with E-state index in [1.165, 1.54) is 0 Å². The summed E-state index contributed by atoms with van der Waals surface area (Å²) in [5.41, 5.74) is 6.42. The van der Waals surface area contributed by atoms with Gasteiger partial charge in [-0.1, -0.05) is 0 Å². The monoisotopic (exact) mass is 289 g/mol. The molecule has 2 rings (SSSR count). The predicted molar refractivity (Wildman–Crippen MR) is 81.6 cm³/mol. The fraction of sp³-hybridized carbons (Fsp3) is 0.250. The predicted octanol–water partition coefficient (Wildman–Crippen LogP) is 3.48.